The topological polar surface area (TPSA) is 88.3 Å². The van der Waals surface area contributed by atoms with Gasteiger partial charge in [-0.1, -0.05) is 6.07 Å². The number of ether oxygens (including phenoxy) is 1. The van der Waals surface area contributed by atoms with E-state index in [0.717, 1.165) is 18.2 Å². The summed E-state index contributed by atoms with van der Waals surface area (Å²) in [4.78, 5) is 37.6. The molecule has 9 heteroatoms. The second kappa shape index (κ2) is 7.20. The molecule has 2 N–H and O–H groups in total. The fourth-order valence-electron chi connectivity index (χ4n) is 1.88. The molecule has 0 fully saturated rings. The van der Waals surface area contributed by atoms with Gasteiger partial charge in [-0.3, -0.25) is 9.59 Å². The Kier molecular flexibility index (Phi) is 5.26. The first-order valence-corrected chi connectivity index (χ1v) is 7.05. The highest BCUT2D eigenvalue weighted by molar-refractivity contribution is 5.97. The fraction of sp³-hybridized carbons (Fsp3) is 0.188. The Morgan fingerprint density at radius 3 is 2.56 bits per heavy atom. The number of hydrogen-bond acceptors (Lipinski definition) is 4. The largest absolute Gasteiger partial charge is 0.449 e. The van der Waals surface area contributed by atoms with Crippen LogP contribution in [0.15, 0.2) is 47.4 Å². The van der Waals surface area contributed by atoms with Crippen LogP contribution in [0.4, 0.5) is 18.9 Å². The highest BCUT2D eigenvalue weighted by atomic mass is 19.4. The summed E-state index contributed by atoms with van der Waals surface area (Å²) >= 11 is 0. The molecule has 2 rings (SSSR count). The first-order valence-electron chi connectivity index (χ1n) is 7.05. The second-order valence-corrected chi connectivity index (χ2v) is 5.03. The Labute approximate surface area is 139 Å². The molecule has 25 heavy (non-hydrogen) atoms. The lowest BCUT2D eigenvalue weighted by atomic mass is 10.2. The summed E-state index contributed by atoms with van der Waals surface area (Å²) in [6, 6.07) is 6.65. The van der Waals surface area contributed by atoms with Crippen molar-refractivity contribution in [3.63, 3.8) is 0 Å². The number of esters is 1. The van der Waals surface area contributed by atoms with Gasteiger partial charge in [0.05, 0.1) is 5.56 Å². The van der Waals surface area contributed by atoms with Crippen LogP contribution in [-0.4, -0.2) is 23.0 Å². The molecular weight excluding hydrogens is 341 g/mol. The number of carbonyl (C=O) groups is 2. The summed E-state index contributed by atoms with van der Waals surface area (Å²) in [7, 11) is 0. The monoisotopic (exact) mass is 354 g/mol. The minimum absolute atomic E-state index is 0.0970. The summed E-state index contributed by atoms with van der Waals surface area (Å²) in [5, 5.41) is 2.22. The third-order valence-corrected chi connectivity index (χ3v) is 3.15. The van der Waals surface area contributed by atoms with Crippen molar-refractivity contribution in [3.05, 3.63) is 64.1 Å². The number of amides is 1. The lowest BCUT2D eigenvalue weighted by molar-refractivity contribution is -0.137. The van der Waals surface area contributed by atoms with Gasteiger partial charge in [-0.15, -0.1) is 0 Å². The number of anilines is 1. The van der Waals surface area contributed by atoms with E-state index >= 15 is 0 Å². The van der Waals surface area contributed by atoms with E-state index in [-0.39, 0.29) is 11.3 Å². The second-order valence-electron chi connectivity index (χ2n) is 5.03. The number of aromatic amines is 1. The van der Waals surface area contributed by atoms with E-state index in [9.17, 15) is 27.6 Å². The molecule has 2 aromatic rings. The van der Waals surface area contributed by atoms with E-state index < -0.39 is 35.3 Å². The zero-order valence-corrected chi connectivity index (χ0v) is 12.9. The van der Waals surface area contributed by atoms with Crippen molar-refractivity contribution in [2.45, 2.75) is 19.2 Å². The van der Waals surface area contributed by atoms with Gasteiger partial charge < -0.3 is 15.0 Å². The molecule has 0 aliphatic heterocycles. The van der Waals surface area contributed by atoms with E-state index in [2.05, 4.69) is 10.3 Å². The molecule has 0 saturated carbocycles. The summed E-state index contributed by atoms with van der Waals surface area (Å²) in [5.41, 5.74) is -2.00. The molecule has 132 valence electrons. The average molecular weight is 354 g/mol. The number of pyridine rings is 1. The standard InChI is InChI=1S/C16H13F3N2O4/c1-9(25-15(24)12-6-3-7-20-14(12)23)13(22)21-11-5-2-4-10(8-11)16(17,18)19/h2-9H,1H3,(H,20,23)(H,21,22)/t9-/m0/s1. The van der Waals surface area contributed by atoms with Gasteiger partial charge in [-0.05, 0) is 37.3 Å². The van der Waals surface area contributed by atoms with Crippen molar-refractivity contribution in [2.24, 2.45) is 0 Å². The maximum atomic E-state index is 12.6. The van der Waals surface area contributed by atoms with Gasteiger partial charge in [0.2, 0.25) is 0 Å². The molecule has 0 aliphatic carbocycles. The highest BCUT2D eigenvalue weighted by Gasteiger charge is 2.30. The predicted molar refractivity (Wildman–Crippen MR) is 82.0 cm³/mol. The quantitative estimate of drug-likeness (QED) is 0.826. The number of carbonyl (C=O) groups excluding carboxylic acids is 2. The molecule has 0 radical (unpaired) electrons. The van der Waals surface area contributed by atoms with Crippen LogP contribution in [0.1, 0.15) is 22.8 Å². The number of alkyl halides is 3. The van der Waals surface area contributed by atoms with E-state index in [4.69, 9.17) is 4.74 Å². The Bertz CT molecular complexity index is 846. The Morgan fingerprint density at radius 1 is 1.20 bits per heavy atom. The molecule has 0 spiro atoms. The SMILES string of the molecule is C[C@H](OC(=O)c1ccc[nH]c1=O)C(=O)Nc1cccc(C(F)(F)F)c1. The molecular formula is C16H13F3N2O4. The molecule has 0 unspecified atom stereocenters. The van der Waals surface area contributed by atoms with Crippen molar-refractivity contribution in [1.29, 1.82) is 0 Å². The van der Waals surface area contributed by atoms with Gasteiger partial charge in [0.25, 0.3) is 11.5 Å². The first kappa shape index (κ1) is 18.2. The van der Waals surface area contributed by atoms with Gasteiger partial charge >= 0.3 is 12.1 Å². The summed E-state index contributed by atoms with van der Waals surface area (Å²) < 4.78 is 42.8. The number of rotatable bonds is 4. The van der Waals surface area contributed by atoms with E-state index in [1.807, 2.05) is 0 Å². The summed E-state index contributed by atoms with van der Waals surface area (Å²) in [5.74, 6) is -1.85. The van der Waals surface area contributed by atoms with Gasteiger partial charge in [-0.2, -0.15) is 13.2 Å². The van der Waals surface area contributed by atoms with Gasteiger partial charge in [0.15, 0.2) is 6.10 Å². The van der Waals surface area contributed by atoms with Gasteiger partial charge in [-0.25, -0.2) is 4.79 Å². The van der Waals surface area contributed by atoms with Crippen LogP contribution in [0.5, 0.6) is 0 Å². The van der Waals surface area contributed by atoms with Crippen LogP contribution in [-0.2, 0) is 15.7 Å². The lowest BCUT2D eigenvalue weighted by Crippen LogP contribution is -2.31. The van der Waals surface area contributed by atoms with E-state index in [0.29, 0.717) is 0 Å². The number of H-pyrrole nitrogens is 1. The maximum Gasteiger partial charge on any atom is 0.416 e. The van der Waals surface area contributed by atoms with Crippen LogP contribution in [0.25, 0.3) is 0 Å². The van der Waals surface area contributed by atoms with Crippen molar-refractivity contribution in [1.82, 2.24) is 4.98 Å². The van der Waals surface area contributed by atoms with Crippen LogP contribution < -0.4 is 10.9 Å². The lowest BCUT2D eigenvalue weighted by Gasteiger charge is -2.14. The van der Waals surface area contributed by atoms with Crippen molar-refractivity contribution < 1.29 is 27.5 Å². The minimum atomic E-state index is -4.55. The maximum absolute atomic E-state index is 12.6. The van der Waals surface area contributed by atoms with Crippen LogP contribution in [0.3, 0.4) is 0 Å². The fourth-order valence-corrected chi connectivity index (χ4v) is 1.88. The Hall–Kier alpha value is -3.10. The molecule has 1 atom stereocenters. The molecule has 0 aliphatic rings. The number of halogens is 3. The third-order valence-electron chi connectivity index (χ3n) is 3.15. The van der Waals surface area contributed by atoms with Crippen LogP contribution >= 0.6 is 0 Å². The first-order chi connectivity index (χ1) is 11.7. The summed E-state index contributed by atoms with van der Waals surface area (Å²) in [6.07, 6.45) is -4.54. The third kappa shape index (κ3) is 4.69. The number of benzene rings is 1. The molecule has 1 amide bonds. The molecule has 1 aromatic heterocycles. The van der Waals surface area contributed by atoms with Gasteiger partial charge in [0.1, 0.15) is 5.56 Å². The van der Waals surface area contributed by atoms with Gasteiger partial charge in [0, 0.05) is 11.9 Å². The predicted octanol–water partition coefficient (Wildman–Crippen LogP) is 2.58. The zero-order valence-electron chi connectivity index (χ0n) is 12.9. The van der Waals surface area contributed by atoms with Crippen LogP contribution in [0, 0.1) is 0 Å². The normalized spacial score (nSPS) is 12.3. The van der Waals surface area contributed by atoms with Crippen LogP contribution in [0.2, 0.25) is 0 Å². The summed E-state index contributed by atoms with van der Waals surface area (Å²) in [6.45, 7) is 1.23. The Morgan fingerprint density at radius 2 is 1.92 bits per heavy atom. The number of hydrogen-bond donors (Lipinski definition) is 2. The smallest absolute Gasteiger partial charge is 0.416 e. The van der Waals surface area contributed by atoms with E-state index in [1.54, 1.807) is 0 Å². The zero-order chi connectivity index (χ0) is 18.6. The molecule has 0 bridgehead atoms. The average Bonchev–Trinajstić information content (AvgIpc) is 2.54. The molecule has 1 heterocycles. The minimum Gasteiger partial charge on any atom is -0.449 e. The highest BCUT2D eigenvalue weighted by Crippen LogP contribution is 2.30. The Balaban J connectivity index is 2.05. The van der Waals surface area contributed by atoms with Crippen molar-refractivity contribution in [3.8, 4) is 0 Å². The number of nitrogens with one attached hydrogen (secondary N) is 2. The molecule has 6 nitrogen and oxygen atoms in total. The molecule has 1 aromatic carbocycles. The van der Waals surface area contributed by atoms with Crippen molar-refractivity contribution in [2.75, 3.05) is 5.32 Å². The number of aromatic nitrogens is 1. The van der Waals surface area contributed by atoms with Crippen molar-refractivity contribution >= 4 is 17.6 Å². The van der Waals surface area contributed by atoms with E-state index in [1.165, 1.54) is 31.3 Å². The molecule has 0 saturated heterocycles.